The summed E-state index contributed by atoms with van der Waals surface area (Å²) >= 11 is 0. The molecule has 0 bridgehead atoms. The molecule has 3 nitrogen and oxygen atoms in total. The van der Waals surface area contributed by atoms with Crippen LogP contribution in [0.15, 0.2) is 30.3 Å². The van der Waals surface area contributed by atoms with Crippen LogP contribution in [0.25, 0.3) is 0 Å². The van der Waals surface area contributed by atoms with Gasteiger partial charge in [0, 0.05) is 18.7 Å². The second-order valence-electron chi connectivity index (χ2n) is 4.26. The van der Waals surface area contributed by atoms with E-state index in [2.05, 4.69) is 18.3 Å². The smallest absolute Gasteiger partial charge is 0.0641 e. The molecule has 1 aromatic carbocycles. The highest BCUT2D eigenvalue weighted by molar-refractivity contribution is 5.20. The Balaban J connectivity index is 2.58. The molecule has 0 aliphatic rings. The van der Waals surface area contributed by atoms with Gasteiger partial charge < -0.3 is 10.4 Å². The number of nitrogens with zero attached hydrogens (tertiary/aromatic N) is 1. The zero-order valence-electron chi connectivity index (χ0n) is 10.3. The van der Waals surface area contributed by atoms with Crippen LogP contribution in [0.3, 0.4) is 0 Å². The molecule has 2 unspecified atom stereocenters. The Hall–Kier alpha value is -1.37. The Morgan fingerprint density at radius 3 is 2.65 bits per heavy atom. The van der Waals surface area contributed by atoms with E-state index in [4.69, 9.17) is 10.4 Å². The first-order chi connectivity index (χ1) is 8.27. The summed E-state index contributed by atoms with van der Waals surface area (Å²) in [7, 11) is 0. The maximum atomic E-state index is 8.86. The number of aliphatic hydroxyl groups is 1. The van der Waals surface area contributed by atoms with E-state index in [1.165, 1.54) is 0 Å². The predicted octanol–water partition coefficient (Wildman–Crippen LogP) is 2.39. The van der Waals surface area contributed by atoms with Gasteiger partial charge in [0.1, 0.15) is 0 Å². The average Bonchev–Trinajstić information content (AvgIpc) is 2.37. The highest BCUT2D eigenvalue weighted by Crippen LogP contribution is 2.17. The zero-order chi connectivity index (χ0) is 12.5. The van der Waals surface area contributed by atoms with E-state index >= 15 is 0 Å². The van der Waals surface area contributed by atoms with Crippen LogP contribution in [0.5, 0.6) is 0 Å². The van der Waals surface area contributed by atoms with Gasteiger partial charge in [-0.1, -0.05) is 30.3 Å². The molecule has 2 N–H and O–H groups in total. The van der Waals surface area contributed by atoms with Crippen molar-refractivity contribution < 1.29 is 5.11 Å². The van der Waals surface area contributed by atoms with Gasteiger partial charge in [-0.3, -0.25) is 0 Å². The number of benzene rings is 1. The lowest BCUT2D eigenvalue weighted by molar-refractivity contribution is 0.273. The summed E-state index contributed by atoms with van der Waals surface area (Å²) in [5.41, 5.74) is 1.14. The molecule has 0 spiro atoms. The highest BCUT2D eigenvalue weighted by atomic mass is 16.2. The van der Waals surface area contributed by atoms with E-state index in [9.17, 15) is 0 Å². The minimum Gasteiger partial charge on any atom is -0.396 e. The van der Waals surface area contributed by atoms with Gasteiger partial charge >= 0.3 is 0 Å². The van der Waals surface area contributed by atoms with Crippen LogP contribution in [-0.4, -0.2) is 17.8 Å². The van der Waals surface area contributed by atoms with Crippen molar-refractivity contribution in [2.45, 2.75) is 38.3 Å². The molecular weight excluding hydrogens is 212 g/mol. The SMILES string of the molecule is CC(CCCO)NC(CC#N)c1ccccc1. The molecule has 0 saturated carbocycles. The van der Waals surface area contributed by atoms with Crippen LogP contribution in [0, 0.1) is 11.3 Å². The summed E-state index contributed by atoms with van der Waals surface area (Å²) in [6, 6.07) is 12.6. The minimum absolute atomic E-state index is 0.0786. The molecule has 92 valence electrons. The van der Waals surface area contributed by atoms with E-state index in [0.29, 0.717) is 12.5 Å². The summed E-state index contributed by atoms with van der Waals surface area (Å²) in [4.78, 5) is 0. The fraction of sp³-hybridized carbons (Fsp3) is 0.500. The molecule has 0 heterocycles. The second kappa shape index (κ2) is 7.83. The number of nitrogens with one attached hydrogen (secondary N) is 1. The Kier molecular flexibility index (Phi) is 6.31. The largest absolute Gasteiger partial charge is 0.396 e. The Bertz CT molecular complexity index is 345. The van der Waals surface area contributed by atoms with E-state index in [1.807, 2.05) is 30.3 Å². The van der Waals surface area contributed by atoms with Crippen molar-refractivity contribution in [3.05, 3.63) is 35.9 Å². The lowest BCUT2D eigenvalue weighted by Gasteiger charge is -2.21. The molecule has 0 aromatic heterocycles. The molecule has 0 radical (unpaired) electrons. The third kappa shape index (κ3) is 4.99. The number of hydrogen-bond acceptors (Lipinski definition) is 3. The number of rotatable bonds is 7. The van der Waals surface area contributed by atoms with Crippen molar-refractivity contribution in [1.82, 2.24) is 5.32 Å². The fourth-order valence-corrected chi connectivity index (χ4v) is 1.87. The van der Waals surface area contributed by atoms with Crippen LogP contribution in [-0.2, 0) is 0 Å². The van der Waals surface area contributed by atoms with E-state index in [1.54, 1.807) is 0 Å². The zero-order valence-corrected chi connectivity index (χ0v) is 10.3. The topological polar surface area (TPSA) is 56.0 Å². The molecule has 0 aliphatic carbocycles. The van der Waals surface area contributed by atoms with Crippen LogP contribution < -0.4 is 5.32 Å². The van der Waals surface area contributed by atoms with E-state index in [0.717, 1.165) is 18.4 Å². The Morgan fingerprint density at radius 2 is 2.06 bits per heavy atom. The normalized spacial score (nSPS) is 13.9. The standard InChI is InChI=1S/C14H20N2O/c1-12(6-5-11-17)16-14(9-10-15)13-7-3-2-4-8-13/h2-4,7-8,12,14,16-17H,5-6,9,11H2,1H3. The Labute approximate surface area is 103 Å². The third-order valence-corrected chi connectivity index (χ3v) is 2.78. The summed E-state index contributed by atoms with van der Waals surface area (Å²) in [5, 5.41) is 21.1. The summed E-state index contributed by atoms with van der Waals surface area (Å²) in [6.07, 6.45) is 2.18. The highest BCUT2D eigenvalue weighted by Gasteiger charge is 2.13. The molecule has 3 heteroatoms. The minimum atomic E-state index is 0.0786. The molecule has 0 fully saturated rings. The Morgan fingerprint density at radius 1 is 1.35 bits per heavy atom. The lowest BCUT2D eigenvalue weighted by Crippen LogP contribution is -2.30. The summed E-state index contributed by atoms with van der Waals surface area (Å²) in [5.74, 6) is 0. The van der Waals surface area contributed by atoms with Crippen molar-refractivity contribution >= 4 is 0 Å². The van der Waals surface area contributed by atoms with Crippen molar-refractivity contribution in [2.75, 3.05) is 6.61 Å². The van der Waals surface area contributed by atoms with Crippen LogP contribution in [0.2, 0.25) is 0 Å². The molecule has 0 saturated heterocycles. The lowest BCUT2D eigenvalue weighted by atomic mass is 10.0. The van der Waals surface area contributed by atoms with Crippen LogP contribution >= 0.6 is 0 Å². The third-order valence-electron chi connectivity index (χ3n) is 2.78. The monoisotopic (exact) mass is 232 g/mol. The van der Waals surface area contributed by atoms with Gasteiger partial charge in [0.05, 0.1) is 12.5 Å². The first-order valence-electron chi connectivity index (χ1n) is 6.06. The van der Waals surface area contributed by atoms with Gasteiger partial charge in [0.25, 0.3) is 0 Å². The summed E-state index contributed by atoms with van der Waals surface area (Å²) < 4.78 is 0. The van der Waals surface area contributed by atoms with Gasteiger partial charge in [-0.15, -0.1) is 0 Å². The van der Waals surface area contributed by atoms with Crippen molar-refractivity contribution in [2.24, 2.45) is 0 Å². The van der Waals surface area contributed by atoms with Crippen LogP contribution in [0.1, 0.15) is 37.8 Å². The van der Waals surface area contributed by atoms with Crippen LogP contribution in [0.4, 0.5) is 0 Å². The predicted molar refractivity (Wildman–Crippen MR) is 68.3 cm³/mol. The van der Waals surface area contributed by atoms with E-state index in [-0.39, 0.29) is 12.6 Å². The first kappa shape index (κ1) is 13.7. The molecule has 0 aliphatic heterocycles. The first-order valence-corrected chi connectivity index (χ1v) is 6.06. The molecule has 0 amide bonds. The molecule has 2 atom stereocenters. The fourth-order valence-electron chi connectivity index (χ4n) is 1.87. The van der Waals surface area contributed by atoms with Gasteiger partial charge in [-0.05, 0) is 25.3 Å². The maximum absolute atomic E-state index is 8.86. The van der Waals surface area contributed by atoms with Gasteiger partial charge in [-0.25, -0.2) is 0 Å². The number of nitriles is 1. The molecule has 17 heavy (non-hydrogen) atoms. The van der Waals surface area contributed by atoms with Gasteiger partial charge in [-0.2, -0.15) is 5.26 Å². The molecule has 1 aromatic rings. The van der Waals surface area contributed by atoms with Gasteiger partial charge in [0.15, 0.2) is 0 Å². The second-order valence-corrected chi connectivity index (χ2v) is 4.26. The van der Waals surface area contributed by atoms with Crippen molar-refractivity contribution in [3.63, 3.8) is 0 Å². The molecule has 1 rings (SSSR count). The van der Waals surface area contributed by atoms with E-state index < -0.39 is 0 Å². The molecular formula is C14H20N2O. The van der Waals surface area contributed by atoms with Crippen molar-refractivity contribution in [1.29, 1.82) is 5.26 Å². The van der Waals surface area contributed by atoms with Gasteiger partial charge in [0.2, 0.25) is 0 Å². The number of aliphatic hydroxyl groups excluding tert-OH is 1. The maximum Gasteiger partial charge on any atom is 0.0641 e. The quantitative estimate of drug-likeness (QED) is 0.759. The summed E-state index contributed by atoms with van der Waals surface area (Å²) in [6.45, 7) is 2.31. The average molecular weight is 232 g/mol. The number of hydrogen-bond donors (Lipinski definition) is 2. The van der Waals surface area contributed by atoms with Crippen molar-refractivity contribution in [3.8, 4) is 6.07 Å².